The summed E-state index contributed by atoms with van der Waals surface area (Å²) in [6, 6.07) is 0.350. The van der Waals surface area contributed by atoms with Crippen LogP contribution in [0.3, 0.4) is 0 Å². The standard InChI is InChI=1S/C13H22N4O2/c1-10(17-7-3-2-4-8-17)9-14-13(19)11-5-6-12(18)16-15-11/h10H,2-9H2,1H3,(H,14,19)(H,16,18). The second kappa shape index (κ2) is 6.65. The first-order valence-corrected chi connectivity index (χ1v) is 7.04. The monoisotopic (exact) mass is 266 g/mol. The predicted octanol–water partition coefficient (Wildman–Crippen LogP) is 0.243. The van der Waals surface area contributed by atoms with E-state index in [9.17, 15) is 9.59 Å². The highest BCUT2D eigenvalue weighted by molar-refractivity contribution is 6.39. The van der Waals surface area contributed by atoms with Gasteiger partial charge in [0.25, 0.3) is 5.91 Å². The second-order valence-corrected chi connectivity index (χ2v) is 5.25. The zero-order valence-electron chi connectivity index (χ0n) is 11.4. The van der Waals surface area contributed by atoms with E-state index in [4.69, 9.17) is 0 Å². The normalized spacial score (nSPS) is 22.4. The molecule has 1 saturated heterocycles. The number of nitrogens with one attached hydrogen (secondary N) is 2. The number of hydrogen-bond acceptors (Lipinski definition) is 4. The molecule has 19 heavy (non-hydrogen) atoms. The molecule has 6 heteroatoms. The van der Waals surface area contributed by atoms with Crippen molar-refractivity contribution in [1.29, 1.82) is 0 Å². The van der Waals surface area contributed by atoms with E-state index in [1.807, 2.05) is 0 Å². The lowest BCUT2D eigenvalue weighted by Gasteiger charge is -2.32. The Hall–Kier alpha value is -1.43. The topological polar surface area (TPSA) is 73.8 Å². The van der Waals surface area contributed by atoms with E-state index in [1.54, 1.807) is 0 Å². The lowest BCUT2D eigenvalue weighted by atomic mass is 10.1. The quantitative estimate of drug-likeness (QED) is 0.765. The van der Waals surface area contributed by atoms with Crippen molar-refractivity contribution in [1.82, 2.24) is 15.6 Å². The molecule has 0 aromatic heterocycles. The van der Waals surface area contributed by atoms with Crippen LogP contribution in [0.1, 0.15) is 39.0 Å². The number of hydrogen-bond donors (Lipinski definition) is 2. The molecule has 0 aliphatic carbocycles. The van der Waals surface area contributed by atoms with Crippen LogP contribution >= 0.6 is 0 Å². The van der Waals surface area contributed by atoms with Crippen LogP contribution in [0.2, 0.25) is 0 Å². The van der Waals surface area contributed by atoms with E-state index in [0.29, 0.717) is 31.1 Å². The molecule has 0 radical (unpaired) electrons. The summed E-state index contributed by atoms with van der Waals surface area (Å²) >= 11 is 0. The molecule has 0 spiro atoms. The minimum absolute atomic E-state index is 0.127. The molecule has 2 aliphatic heterocycles. The summed E-state index contributed by atoms with van der Waals surface area (Å²) in [4.78, 5) is 25.2. The summed E-state index contributed by atoms with van der Waals surface area (Å²) < 4.78 is 0. The maximum atomic E-state index is 11.9. The van der Waals surface area contributed by atoms with Gasteiger partial charge in [0.15, 0.2) is 0 Å². The number of hydrazone groups is 1. The lowest BCUT2D eigenvalue weighted by molar-refractivity contribution is -0.121. The first-order valence-electron chi connectivity index (χ1n) is 7.04. The van der Waals surface area contributed by atoms with Crippen molar-refractivity contribution in [3.05, 3.63) is 0 Å². The van der Waals surface area contributed by atoms with Crippen LogP contribution < -0.4 is 10.7 Å². The third kappa shape index (κ3) is 4.02. The van der Waals surface area contributed by atoms with Gasteiger partial charge in [0.05, 0.1) is 0 Å². The molecule has 1 fully saturated rings. The maximum absolute atomic E-state index is 11.9. The Kier molecular flexibility index (Phi) is 4.90. The third-order valence-electron chi connectivity index (χ3n) is 3.74. The molecule has 2 heterocycles. The summed E-state index contributed by atoms with van der Waals surface area (Å²) in [6.45, 7) is 5.00. The van der Waals surface area contributed by atoms with Crippen molar-refractivity contribution < 1.29 is 9.59 Å². The van der Waals surface area contributed by atoms with E-state index >= 15 is 0 Å². The summed E-state index contributed by atoms with van der Waals surface area (Å²) in [5.41, 5.74) is 2.76. The number of amides is 2. The minimum atomic E-state index is -0.163. The average Bonchev–Trinajstić information content (AvgIpc) is 2.46. The highest BCUT2D eigenvalue weighted by Gasteiger charge is 2.20. The van der Waals surface area contributed by atoms with Crippen LogP contribution in [-0.2, 0) is 9.59 Å². The number of rotatable bonds is 4. The molecule has 2 amide bonds. The number of piperidine rings is 1. The van der Waals surface area contributed by atoms with Crippen LogP contribution in [0, 0.1) is 0 Å². The number of nitrogens with zero attached hydrogens (tertiary/aromatic N) is 2. The molecule has 0 saturated carbocycles. The van der Waals surface area contributed by atoms with Gasteiger partial charge in [0, 0.05) is 25.4 Å². The zero-order chi connectivity index (χ0) is 13.7. The largest absolute Gasteiger partial charge is 0.349 e. The van der Waals surface area contributed by atoms with Gasteiger partial charge >= 0.3 is 0 Å². The van der Waals surface area contributed by atoms with Crippen molar-refractivity contribution in [3.8, 4) is 0 Å². The fourth-order valence-electron chi connectivity index (χ4n) is 2.47. The van der Waals surface area contributed by atoms with Gasteiger partial charge in [0.1, 0.15) is 5.71 Å². The Morgan fingerprint density at radius 2 is 2.11 bits per heavy atom. The molecule has 0 aromatic rings. The van der Waals surface area contributed by atoms with E-state index in [1.165, 1.54) is 19.3 Å². The molecule has 2 N–H and O–H groups in total. The van der Waals surface area contributed by atoms with Gasteiger partial charge in [-0.05, 0) is 32.9 Å². The Morgan fingerprint density at radius 1 is 1.37 bits per heavy atom. The average molecular weight is 266 g/mol. The van der Waals surface area contributed by atoms with E-state index in [2.05, 4.69) is 27.7 Å². The zero-order valence-corrected chi connectivity index (χ0v) is 11.4. The molecule has 2 aliphatic rings. The van der Waals surface area contributed by atoms with Gasteiger partial charge in [-0.1, -0.05) is 6.42 Å². The van der Waals surface area contributed by atoms with Gasteiger partial charge in [-0.3, -0.25) is 14.5 Å². The second-order valence-electron chi connectivity index (χ2n) is 5.25. The highest BCUT2D eigenvalue weighted by Crippen LogP contribution is 2.11. The minimum Gasteiger partial charge on any atom is -0.349 e. The fourth-order valence-corrected chi connectivity index (χ4v) is 2.47. The molecular weight excluding hydrogens is 244 g/mol. The molecule has 6 nitrogen and oxygen atoms in total. The predicted molar refractivity (Wildman–Crippen MR) is 72.7 cm³/mol. The van der Waals surface area contributed by atoms with Crippen LogP contribution in [0.25, 0.3) is 0 Å². The van der Waals surface area contributed by atoms with Crippen molar-refractivity contribution in [3.63, 3.8) is 0 Å². The first-order chi connectivity index (χ1) is 9.16. The SMILES string of the molecule is CC(CNC(=O)C1=NNC(=O)CC1)N1CCCCC1. The summed E-state index contributed by atoms with van der Waals surface area (Å²) in [6.07, 6.45) is 4.57. The molecule has 0 aromatic carbocycles. The van der Waals surface area contributed by atoms with Gasteiger partial charge in [-0.25, -0.2) is 5.43 Å². The Bertz CT molecular complexity index is 375. The van der Waals surface area contributed by atoms with Crippen LogP contribution in [0.5, 0.6) is 0 Å². The van der Waals surface area contributed by atoms with Crippen molar-refractivity contribution in [2.24, 2.45) is 5.10 Å². The number of carbonyl (C=O) groups excluding carboxylic acids is 2. The fraction of sp³-hybridized carbons (Fsp3) is 0.769. The molecule has 2 rings (SSSR count). The number of carbonyl (C=O) groups is 2. The summed E-state index contributed by atoms with van der Waals surface area (Å²) in [5.74, 6) is -0.290. The van der Waals surface area contributed by atoms with Crippen LogP contribution in [0.15, 0.2) is 5.10 Å². The van der Waals surface area contributed by atoms with Gasteiger partial charge in [-0.15, -0.1) is 0 Å². The molecule has 1 atom stereocenters. The maximum Gasteiger partial charge on any atom is 0.267 e. The van der Waals surface area contributed by atoms with E-state index < -0.39 is 0 Å². The lowest BCUT2D eigenvalue weighted by Crippen LogP contribution is -2.46. The molecule has 106 valence electrons. The number of likely N-dealkylation sites (tertiary alicyclic amines) is 1. The first kappa shape index (κ1) is 14.0. The Balaban J connectivity index is 1.75. The van der Waals surface area contributed by atoms with Gasteiger partial charge in [-0.2, -0.15) is 5.10 Å². The molecule has 0 bridgehead atoms. The van der Waals surface area contributed by atoms with Crippen LogP contribution in [-0.4, -0.2) is 48.1 Å². The molecular formula is C13H22N4O2. The smallest absolute Gasteiger partial charge is 0.267 e. The third-order valence-corrected chi connectivity index (χ3v) is 3.74. The summed E-state index contributed by atoms with van der Waals surface area (Å²) in [5, 5.41) is 6.69. The van der Waals surface area contributed by atoms with Crippen molar-refractivity contribution in [2.45, 2.75) is 45.1 Å². The molecule has 1 unspecified atom stereocenters. The summed E-state index contributed by atoms with van der Waals surface area (Å²) in [7, 11) is 0. The van der Waals surface area contributed by atoms with Gasteiger partial charge in [0.2, 0.25) is 5.91 Å². The van der Waals surface area contributed by atoms with Gasteiger partial charge < -0.3 is 5.32 Å². The van der Waals surface area contributed by atoms with E-state index in [-0.39, 0.29) is 11.8 Å². The van der Waals surface area contributed by atoms with Crippen LogP contribution in [0.4, 0.5) is 0 Å². The highest BCUT2D eigenvalue weighted by atomic mass is 16.2. The van der Waals surface area contributed by atoms with Crippen molar-refractivity contribution in [2.75, 3.05) is 19.6 Å². The Labute approximate surface area is 113 Å². The van der Waals surface area contributed by atoms with Crippen molar-refractivity contribution >= 4 is 17.5 Å². The van der Waals surface area contributed by atoms with E-state index in [0.717, 1.165) is 13.1 Å². The Morgan fingerprint density at radius 3 is 2.74 bits per heavy atom.